The summed E-state index contributed by atoms with van der Waals surface area (Å²) in [6, 6.07) is 17.5. The highest BCUT2D eigenvalue weighted by Crippen LogP contribution is 2.44. The fourth-order valence-corrected chi connectivity index (χ4v) is 5.71. The molecule has 1 atom stereocenters. The van der Waals surface area contributed by atoms with Gasteiger partial charge in [-0.05, 0) is 25.0 Å². The molecule has 1 amide bonds. The number of amides is 1. The van der Waals surface area contributed by atoms with E-state index in [4.69, 9.17) is 4.74 Å². The predicted molar refractivity (Wildman–Crippen MR) is 122 cm³/mol. The number of fused-ring (bicyclic) bond motifs is 1. The Balaban J connectivity index is 1.47. The highest BCUT2D eigenvalue weighted by atomic mass is 32.2. The summed E-state index contributed by atoms with van der Waals surface area (Å²) in [6.45, 7) is 0. The Morgan fingerprint density at radius 1 is 1.13 bits per heavy atom. The summed E-state index contributed by atoms with van der Waals surface area (Å²) in [5, 5.41) is 12.3. The molecule has 0 saturated heterocycles. The molecule has 2 aliphatic rings. The third-order valence-electron chi connectivity index (χ3n) is 6.05. The fourth-order valence-electron chi connectivity index (χ4n) is 4.49. The molecule has 8 heteroatoms. The normalized spacial score (nSPS) is 19.3. The maximum absolute atomic E-state index is 13.5. The van der Waals surface area contributed by atoms with Gasteiger partial charge in [-0.2, -0.15) is 0 Å². The number of aromatic nitrogens is 3. The van der Waals surface area contributed by atoms with Crippen molar-refractivity contribution in [3.8, 4) is 17.1 Å². The Morgan fingerprint density at radius 2 is 1.94 bits per heavy atom. The van der Waals surface area contributed by atoms with Crippen LogP contribution in [0.4, 0.5) is 5.69 Å². The summed E-state index contributed by atoms with van der Waals surface area (Å²) in [5.74, 6) is 1.47. The molecule has 2 aromatic carbocycles. The van der Waals surface area contributed by atoms with Crippen LogP contribution in [0.5, 0.6) is 5.75 Å². The quantitative estimate of drug-likeness (QED) is 0.636. The van der Waals surface area contributed by atoms with Gasteiger partial charge in [-0.25, -0.2) is 4.68 Å². The molecule has 0 bridgehead atoms. The van der Waals surface area contributed by atoms with Crippen molar-refractivity contribution in [1.29, 1.82) is 0 Å². The maximum atomic E-state index is 13.5. The third-order valence-corrected chi connectivity index (χ3v) is 7.42. The second kappa shape index (κ2) is 8.26. The Hall–Kier alpha value is -3.00. The van der Waals surface area contributed by atoms with Crippen LogP contribution in [0, 0.1) is 0 Å². The maximum Gasteiger partial charge on any atom is 0.240 e. The van der Waals surface area contributed by atoms with E-state index >= 15 is 0 Å². The second-order valence-electron chi connectivity index (χ2n) is 8.06. The average molecular weight is 436 g/mol. The molecular weight excluding hydrogens is 410 g/mol. The van der Waals surface area contributed by atoms with E-state index in [1.807, 2.05) is 59.3 Å². The predicted octanol–water partition coefficient (Wildman–Crippen LogP) is 4.31. The van der Waals surface area contributed by atoms with Crippen LogP contribution in [-0.4, -0.2) is 38.7 Å². The van der Waals surface area contributed by atoms with E-state index in [-0.39, 0.29) is 16.7 Å². The lowest BCUT2D eigenvalue weighted by molar-refractivity contribution is -0.117. The van der Waals surface area contributed by atoms with Gasteiger partial charge in [-0.3, -0.25) is 4.79 Å². The van der Waals surface area contributed by atoms with Crippen molar-refractivity contribution in [2.75, 3.05) is 17.9 Å². The van der Waals surface area contributed by atoms with Crippen molar-refractivity contribution in [2.45, 2.75) is 48.0 Å². The van der Waals surface area contributed by atoms with Crippen LogP contribution in [0.15, 0.2) is 59.8 Å². The van der Waals surface area contributed by atoms with Crippen LogP contribution in [0.2, 0.25) is 0 Å². The molecule has 7 nitrogen and oxygen atoms in total. The zero-order chi connectivity index (χ0) is 21.3. The highest BCUT2D eigenvalue weighted by molar-refractivity contribution is 8.00. The summed E-state index contributed by atoms with van der Waals surface area (Å²) < 4.78 is 7.27. The third kappa shape index (κ3) is 3.76. The monoisotopic (exact) mass is 435 g/mol. The summed E-state index contributed by atoms with van der Waals surface area (Å²) in [5.41, 5.74) is 5.07. The largest absolute Gasteiger partial charge is 0.497 e. The molecule has 5 rings (SSSR count). The van der Waals surface area contributed by atoms with Gasteiger partial charge in [0.2, 0.25) is 11.1 Å². The van der Waals surface area contributed by atoms with Crippen molar-refractivity contribution >= 4 is 23.4 Å². The average Bonchev–Trinajstić information content (AvgIpc) is 3.22. The molecule has 1 aromatic heterocycles. The summed E-state index contributed by atoms with van der Waals surface area (Å²) in [7, 11) is 1.62. The number of hydrogen-bond donors (Lipinski definition) is 2. The van der Waals surface area contributed by atoms with Crippen molar-refractivity contribution in [3.63, 3.8) is 0 Å². The summed E-state index contributed by atoms with van der Waals surface area (Å²) in [6.07, 6.45) is 5.24. The first-order valence-electron chi connectivity index (χ1n) is 10.6. The highest BCUT2D eigenvalue weighted by Gasteiger charge is 2.49. The number of thioether (sulfide) groups is 1. The molecule has 3 aromatic rings. The Kier molecular flexibility index (Phi) is 5.31. The van der Waals surface area contributed by atoms with Gasteiger partial charge < -0.3 is 15.5 Å². The Labute approximate surface area is 185 Å². The number of nitrogens with zero attached hydrogens (tertiary/aromatic N) is 3. The summed E-state index contributed by atoms with van der Waals surface area (Å²) in [4.78, 5) is 13.5. The van der Waals surface area contributed by atoms with Crippen molar-refractivity contribution in [1.82, 2.24) is 14.9 Å². The Bertz CT molecular complexity index is 1080. The van der Waals surface area contributed by atoms with Gasteiger partial charge in [0, 0.05) is 17.3 Å². The molecule has 1 aliphatic heterocycles. The second-order valence-corrected chi connectivity index (χ2v) is 9.13. The van der Waals surface area contributed by atoms with Crippen LogP contribution in [0.3, 0.4) is 0 Å². The number of rotatable bonds is 4. The minimum absolute atomic E-state index is 0.0248. The van der Waals surface area contributed by atoms with Gasteiger partial charge in [0.25, 0.3) is 0 Å². The molecule has 1 fully saturated rings. The van der Waals surface area contributed by atoms with Crippen molar-refractivity contribution in [3.05, 3.63) is 54.6 Å². The summed E-state index contributed by atoms with van der Waals surface area (Å²) >= 11 is 1.50. The van der Waals surface area contributed by atoms with Gasteiger partial charge in [-0.1, -0.05) is 67.4 Å². The fraction of sp³-hybridized carbons (Fsp3) is 0.348. The lowest BCUT2D eigenvalue weighted by Gasteiger charge is -2.46. The topological polar surface area (TPSA) is 81.1 Å². The molecule has 1 spiro atoms. The molecule has 31 heavy (non-hydrogen) atoms. The molecule has 0 unspecified atom stereocenters. The molecule has 1 aliphatic carbocycles. The van der Waals surface area contributed by atoms with Crippen molar-refractivity contribution < 1.29 is 9.53 Å². The first-order valence-corrected chi connectivity index (χ1v) is 11.5. The van der Waals surface area contributed by atoms with Crippen molar-refractivity contribution in [2.24, 2.45) is 0 Å². The smallest absolute Gasteiger partial charge is 0.240 e. The van der Waals surface area contributed by atoms with Crippen LogP contribution in [-0.2, 0) is 4.79 Å². The number of anilines is 1. The van der Waals surface area contributed by atoms with Gasteiger partial charge in [-0.15, -0.1) is 10.2 Å². The molecule has 160 valence electrons. The zero-order valence-corrected chi connectivity index (χ0v) is 18.2. The lowest BCUT2D eigenvalue weighted by Crippen LogP contribution is -2.59. The van der Waals surface area contributed by atoms with E-state index in [0.29, 0.717) is 10.9 Å². The first-order chi connectivity index (χ1) is 15.2. The van der Waals surface area contributed by atoms with Crippen LogP contribution >= 0.6 is 11.8 Å². The first kappa shape index (κ1) is 19.9. The van der Waals surface area contributed by atoms with E-state index in [9.17, 15) is 4.79 Å². The standard InChI is InChI=1S/C23H25N5O2S/c1-30-18-12-8-11-17(15-18)24-21(29)19-23(13-6-3-7-14-23)27-28-20(25-26-22(28)31-19)16-9-4-2-5-10-16/h2,4-5,8-12,15,19,27H,3,6-7,13-14H2,1H3,(H,24,29)/t19-/m0/s1. The van der Waals surface area contributed by atoms with Gasteiger partial charge in [0.1, 0.15) is 11.0 Å². The van der Waals surface area contributed by atoms with Gasteiger partial charge in [0.05, 0.1) is 12.6 Å². The minimum Gasteiger partial charge on any atom is -0.497 e. The van der Waals surface area contributed by atoms with E-state index in [2.05, 4.69) is 20.9 Å². The number of nitrogens with one attached hydrogen (secondary N) is 2. The van der Waals surface area contributed by atoms with E-state index in [1.54, 1.807) is 7.11 Å². The van der Waals surface area contributed by atoms with Crippen LogP contribution in [0.25, 0.3) is 11.4 Å². The molecule has 1 saturated carbocycles. The number of hydrogen-bond acceptors (Lipinski definition) is 6. The molecular formula is C23H25N5O2S. The number of ether oxygens (including phenoxy) is 1. The zero-order valence-electron chi connectivity index (χ0n) is 17.4. The number of carbonyl (C=O) groups is 1. The van der Waals surface area contributed by atoms with Gasteiger partial charge in [0.15, 0.2) is 5.82 Å². The Morgan fingerprint density at radius 3 is 2.71 bits per heavy atom. The molecule has 0 radical (unpaired) electrons. The lowest BCUT2D eigenvalue weighted by atomic mass is 9.79. The molecule has 2 N–H and O–H groups in total. The van der Waals surface area contributed by atoms with Crippen LogP contribution in [0.1, 0.15) is 32.1 Å². The number of benzene rings is 2. The van der Waals surface area contributed by atoms with E-state index < -0.39 is 0 Å². The molecule has 2 heterocycles. The van der Waals surface area contributed by atoms with Crippen LogP contribution < -0.4 is 15.5 Å². The minimum atomic E-state index is -0.342. The van der Waals surface area contributed by atoms with E-state index in [1.165, 1.54) is 18.2 Å². The SMILES string of the molecule is COc1cccc(NC(=O)[C@@H]2Sc3nnc(-c4ccccc4)n3NC23CCCCC3)c1. The van der Waals surface area contributed by atoms with Gasteiger partial charge >= 0.3 is 0 Å². The van der Waals surface area contributed by atoms with E-state index in [0.717, 1.165) is 42.8 Å². The number of carbonyl (C=O) groups excluding carboxylic acids is 1. The number of methoxy groups -OCH3 is 1.